The predicted molar refractivity (Wildman–Crippen MR) is 77.1 cm³/mol. The van der Waals surface area contributed by atoms with Crippen LogP contribution in [0.25, 0.3) is 11.1 Å². The lowest BCUT2D eigenvalue weighted by Gasteiger charge is -2.22. The van der Waals surface area contributed by atoms with Crippen molar-refractivity contribution in [1.29, 1.82) is 0 Å². The molecule has 0 radical (unpaired) electrons. The van der Waals surface area contributed by atoms with Gasteiger partial charge in [-0.15, -0.1) is 0 Å². The maximum Gasteiger partial charge on any atom is 0.253 e. The van der Waals surface area contributed by atoms with E-state index in [0.29, 0.717) is 34.1 Å². The maximum absolute atomic E-state index is 12.3. The predicted octanol–water partition coefficient (Wildman–Crippen LogP) is 1.78. The van der Waals surface area contributed by atoms with Gasteiger partial charge in [-0.25, -0.2) is 4.98 Å². The molecule has 106 valence electrons. The lowest BCUT2D eigenvalue weighted by molar-refractivity contribution is 0.0936. The van der Waals surface area contributed by atoms with Crippen LogP contribution in [-0.4, -0.2) is 32.6 Å². The second-order valence-corrected chi connectivity index (χ2v) is 6.68. The van der Waals surface area contributed by atoms with Gasteiger partial charge in [0.2, 0.25) is 0 Å². The van der Waals surface area contributed by atoms with Crippen LogP contribution < -0.4 is 5.32 Å². The normalized spacial score (nSPS) is 22.9. The monoisotopic (exact) mass is 292 g/mol. The Morgan fingerprint density at radius 1 is 1.40 bits per heavy atom. The SMILES string of the molecule is Cc1nc2c(C(=O)NC3CCS(=O)CC3)cccc2o1. The van der Waals surface area contributed by atoms with Crippen molar-refractivity contribution in [2.45, 2.75) is 25.8 Å². The van der Waals surface area contributed by atoms with Gasteiger partial charge in [-0.1, -0.05) is 6.07 Å². The number of oxazole rings is 1. The second kappa shape index (κ2) is 5.36. The van der Waals surface area contributed by atoms with E-state index in [9.17, 15) is 9.00 Å². The van der Waals surface area contributed by atoms with Gasteiger partial charge in [-0.2, -0.15) is 0 Å². The van der Waals surface area contributed by atoms with Crippen LogP contribution in [0.15, 0.2) is 22.6 Å². The standard InChI is InChI=1S/C14H16N2O3S/c1-9-15-13-11(3-2-4-12(13)19-9)14(17)16-10-5-7-20(18)8-6-10/h2-4,10H,5-8H2,1H3,(H,16,17). The van der Waals surface area contributed by atoms with E-state index in [2.05, 4.69) is 10.3 Å². The molecule has 1 aromatic heterocycles. The number of aryl methyl sites for hydroxylation is 1. The molecule has 1 aromatic carbocycles. The van der Waals surface area contributed by atoms with Crippen LogP contribution in [0.1, 0.15) is 29.1 Å². The van der Waals surface area contributed by atoms with Crippen molar-refractivity contribution in [3.05, 3.63) is 29.7 Å². The Morgan fingerprint density at radius 2 is 2.15 bits per heavy atom. The molecule has 0 aliphatic carbocycles. The Labute approximate surface area is 119 Å². The highest BCUT2D eigenvalue weighted by molar-refractivity contribution is 7.85. The Balaban J connectivity index is 1.80. The second-order valence-electron chi connectivity index (χ2n) is 4.98. The molecule has 0 bridgehead atoms. The van der Waals surface area contributed by atoms with Gasteiger partial charge in [0.25, 0.3) is 5.91 Å². The van der Waals surface area contributed by atoms with Gasteiger partial charge in [-0.05, 0) is 25.0 Å². The number of carbonyl (C=O) groups excluding carboxylic acids is 1. The minimum atomic E-state index is -0.718. The number of amides is 1. The van der Waals surface area contributed by atoms with Crippen LogP contribution in [0.5, 0.6) is 0 Å². The van der Waals surface area contributed by atoms with Crippen LogP contribution in [-0.2, 0) is 10.8 Å². The Hall–Kier alpha value is -1.69. The zero-order chi connectivity index (χ0) is 14.1. The lowest BCUT2D eigenvalue weighted by Crippen LogP contribution is -2.39. The summed E-state index contributed by atoms with van der Waals surface area (Å²) in [5.41, 5.74) is 1.76. The average Bonchev–Trinajstić information content (AvgIpc) is 2.81. The largest absolute Gasteiger partial charge is 0.441 e. The minimum Gasteiger partial charge on any atom is -0.441 e. The van der Waals surface area contributed by atoms with E-state index < -0.39 is 10.8 Å². The number of hydrogen-bond donors (Lipinski definition) is 1. The van der Waals surface area contributed by atoms with Crippen molar-refractivity contribution in [2.75, 3.05) is 11.5 Å². The van der Waals surface area contributed by atoms with E-state index >= 15 is 0 Å². The molecule has 1 N–H and O–H groups in total. The highest BCUT2D eigenvalue weighted by Gasteiger charge is 2.21. The number of nitrogens with zero attached hydrogens (tertiary/aromatic N) is 1. The summed E-state index contributed by atoms with van der Waals surface area (Å²) in [5.74, 6) is 1.74. The van der Waals surface area contributed by atoms with Crippen molar-refractivity contribution in [2.24, 2.45) is 0 Å². The molecule has 0 unspecified atom stereocenters. The van der Waals surface area contributed by atoms with Crippen molar-refractivity contribution >= 4 is 27.8 Å². The molecule has 0 saturated carbocycles. The summed E-state index contributed by atoms with van der Waals surface area (Å²) in [7, 11) is -0.718. The fourth-order valence-corrected chi connectivity index (χ4v) is 3.74. The fourth-order valence-electron chi connectivity index (χ4n) is 2.44. The van der Waals surface area contributed by atoms with Gasteiger partial charge in [0.1, 0.15) is 5.52 Å². The number of aromatic nitrogens is 1. The molecular weight excluding hydrogens is 276 g/mol. The Bertz CT molecular complexity index is 670. The first-order chi connectivity index (χ1) is 9.63. The molecule has 2 aromatic rings. The number of hydrogen-bond acceptors (Lipinski definition) is 4. The summed E-state index contributed by atoms with van der Waals surface area (Å²) < 4.78 is 16.7. The maximum atomic E-state index is 12.3. The molecule has 1 amide bonds. The number of fused-ring (bicyclic) bond motifs is 1. The van der Waals surface area contributed by atoms with Gasteiger partial charge >= 0.3 is 0 Å². The van der Waals surface area contributed by atoms with Gasteiger partial charge in [0.05, 0.1) is 5.56 Å². The molecule has 1 fully saturated rings. The Morgan fingerprint density at radius 3 is 2.90 bits per heavy atom. The zero-order valence-corrected chi connectivity index (χ0v) is 12.0. The quantitative estimate of drug-likeness (QED) is 0.915. The topological polar surface area (TPSA) is 72.2 Å². The van der Waals surface area contributed by atoms with E-state index in [1.807, 2.05) is 0 Å². The van der Waals surface area contributed by atoms with Crippen LogP contribution in [0, 0.1) is 6.92 Å². The summed E-state index contributed by atoms with van der Waals surface area (Å²) >= 11 is 0. The molecule has 0 spiro atoms. The molecule has 5 nitrogen and oxygen atoms in total. The average molecular weight is 292 g/mol. The molecule has 1 saturated heterocycles. The molecular formula is C14H16N2O3S. The molecule has 3 rings (SSSR count). The van der Waals surface area contributed by atoms with Gasteiger partial charge in [0, 0.05) is 35.3 Å². The highest BCUT2D eigenvalue weighted by atomic mass is 32.2. The van der Waals surface area contributed by atoms with E-state index in [1.54, 1.807) is 25.1 Å². The summed E-state index contributed by atoms with van der Waals surface area (Å²) in [5, 5.41) is 3.00. The first-order valence-corrected chi connectivity index (χ1v) is 8.14. The van der Waals surface area contributed by atoms with Gasteiger partial charge < -0.3 is 9.73 Å². The Kier molecular flexibility index (Phi) is 3.56. The van der Waals surface area contributed by atoms with E-state index in [0.717, 1.165) is 12.8 Å². The number of carbonyl (C=O) groups is 1. The third-order valence-electron chi connectivity index (χ3n) is 3.49. The summed E-state index contributed by atoms with van der Waals surface area (Å²) in [6.07, 6.45) is 1.54. The number of nitrogens with one attached hydrogen (secondary N) is 1. The van der Waals surface area contributed by atoms with Crippen LogP contribution >= 0.6 is 0 Å². The van der Waals surface area contributed by atoms with Crippen molar-refractivity contribution in [3.63, 3.8) is 0 Å². The van der Waals surface area contributed by atoms with E-state index in [4.69, 9.17) is 4.42 Å². The zero-order valence-electron chi connectivity index (χ0n) is 11.2. The summed E-state index contributed by atoms with van der Waals surface area (Å²) in [6, 6.07) is 5.44. The first-order valence-electron chi connectivity index (χ1n) is 6.65. The fraction of sp³-hybridized carbons (Fsp3) is 0.429. The number of rotatable bonds is 2. The molecule has 20 heavy (non-hydrogen) atoms. The van der Waals surface area contributed by atoms with Crippen molar-refractivity contribution in [1.82, 2.24) is 10.3 Å². The highest BCUT2D eigenvalue weighted by Crippen LogP contribution is 2.20. The first kappa shape index (κ1) is 13.3. The van der Waals surface area contributed by atoms with Crippen LogP contribution in [0.3, 0.4) is 0 Å². The van der Waals surface area contributed by atoms with Crippen molar-refractivity contribution in [3.8, 4) is 0 Å². The van der Waals surface area contributed by atoms with E-state index in [-0.39, 0.29) is 11.9 Å². The number of benzene rings is 1. The third-order valence-corrected chi connectivity index (χ3v) is 4.88. The molecule has 1 aliphatic heterocycles. The molecule has 0 atom stereocenters. The van der Waals surface area contributed by atoms with Crippen molar-refractivity contribution < 1.29 is 13.4 Å². The van der Waals surface area contributed by atoms with Crippen LogP contribution in [0.4, 0.5) is 0 Å². The molecule has 1 aliphatic rings. The summed E-state index contributed by atoms with van der Waals surface area (Å²) in [6.45, 7) is 1.76. The third kappa shape index (κ3) is 2.60. The summed E-state index contributed by atoms with van der Waals surface area (Å²) in [4.78, 5) is 16.6. The smallest absolute Gasteiger partial charge is 0.253 e. The molecule has 6 heteroatoms. The minimum absolute atomic E-state index is 0.100. The lowest BCUT2D eigenvalue weighted by atomic mass is 10.1. The number of para-hydroxylation sites is 1. The van der Waals surface area contributed by atoms with Crippen LogP contribution in [0.2, 0.25) is 0 Å². The van der Waals surface area contributed by atoms with E-state index in [1.165, 1.54) is 0 Å². The van der Waals surface area contributed by atoms with Gasteiger partial charge in [0.15, 0.2) is 11.5 Å². The van der Waals surface area contributed by atoms with Gasteiger partial charge in [-0.3, -0.25) is 9.00 Å². The molecule has 2 heterocycles.